The molecule has 3 nitrogen and oxygen atoms in total. The quantitative estimate of drug-likeness (QED) is 0.414. The molecule has 3 rings (SSSR count). The van der Waals surface area contributed by atoms with Crippen LogP contribution in [0.15, 0.2) is 77.3 Å². The Bertz CT molecular complexity index is 978. The highest BCUT2D eigenvalue weighted by Crippen LogP contribution is 2.24. The van der Waals surface area contributed by atoms with Crippen molar-refractivity contribution >= 4 is 56.7 Å². The molecular formula is C22H17BrClNO2S. The summed E-state index contributed by atoms with van der Waals surface area (Å²) in [5.41, 5.74) is 2.54. The summed E-state index contributed by atoms with van der Waals surface area (Å²) in [6.45, 7) is 0. The van der Waals surface area contributed by atoms with Crippen LogP contribution in [-0.4, -0.2) is 17.4 Å². The summed E-state index contributed by atoms with van der Waals surface area (Å²) in [5.74, 6) is 0.682. The molecule has 142 valence electrons. The molecule has 3 aromatic carbocycles. The molecule has 0 radical (unpaired) electrons. The average molecular weight is 475 g/mol. The predicted octanol–water partition coefficient (Wildman–Crippen LogP) is 6.21. The van der Waals surface area contributed by atoms with E-state index in [1.807, 2.05) is 30.3 Å². The molecular weight excluding hydrogens is 458 g/mol. The van der Waals surface area contributed by atoms with Gasteiger partial charge in [-0.2, -0.15) is 0 Å². The van der Waals surface area contributed by atoms with Gasteiger partial charge in [0.2, 0.25) is 5.91 Å². The Morgan fingerprint density at radius 1 is 0.964 bits per heavy atom. The van der Waals surface area contributed by atoms with Gasteiger partial charge in [-0.15, -0.1) is 11.8 Å². The van der Waals surface area contributed by atoms with E-state index in [2.05, 4.69) is 21.2 Å². The fraction of sp³-hybridized carbons (Fsp3) is 0.0909. The lowest BCUT2D eigenvalue weighted by Gasteiger charge is -2.11. The van der Waals surface area contributed by atoms with E-state index in [9.17, 15) is 9.59 Å². The van der Waals surface area contributed by atoms with Gasteiger partial charge in [-0.25, -0.2) is 0 Å². The minimum Gasteiger partial charge on any atom is -0.325 e. The lowest BCUT2D eigenvalue weighted by atomic mass is 10.0. The molecule has 0 bridgehead atoms. The van der Waals surface area contributed by atoms with Crippen LogP contribution in [0.2, 0.25) is 5.02 Å². The van der Waals surface area contributed by atoms with Gasteiger partial charge >= 0.3 is 0 Å². The second kappa shape index (κ2) is 9.92. The Morgan fingerprint density at radius 3 is 2.39 bits per heavy atom. The van der Waals surface area contributed by atoms with E-state index in [0.29, 0.717) is 21.8 Å². The molecule has 0 aliphatic heterocycles. The Kier molecular flexibility index (Phi) is 7.31. The number of hydrogen-bond acceptors (Lipinski definition) is 3. The van der Waals surface area contributed by atoms with Crippen molar-refractivity contribution in [1.82, 2.24) is 0 Å². The van der Waals surface area contributed by atoms with Crippen LogP contribution >= 0.6 is 39.3 Å². The van der Waals surface area contributed by atoms with E-state index >= 15 is 0 Å². The molecule has 3 aromatic rings. The Morgan fingerprint density at radius 2 is 1.68 bits per heavy atom. The predicted molar refractivity (Wildman–Crippen MR) is 120 cm³/mol. The maximum absolute atomic E-state index is 12.8. The van der Waals surface area contributed by atoms with Crippen molar-refractivity contribution in [2.45, 2.75) is 5.75 Å². The third-order valence-electron chi connectivity index (χ3n) is 3.95. The largest absolute Gasteiger partial charge is 0.325 e. The van der Waals surface area contributed by atoms with Gasteiger partial charge in [0, 0.05) is 26.4 Å². The molecule has 0 aliphatic carbocycles. The number of amides is 1. The minimum absolute atomic E-state index is 0.161. The van der Waals surface area contributed by atoms with Gasteiger partial charge in [0.05, 0.1) is 11.4 Å². The van der Waals surface area contributed by atoms with E-state index in [0.717, 1.165) is 15.8 Å². The van der Waals surface area contributed by atoms with Gasteiger partial charge < -0.3 is 5.32 Å². The fourth-order valence-corrected chi connectivity index (χ4v) is 3.81. The fourth-order valence-electron chi connectivity index (χ4n) is 2.59. The second-order valence-corrected chi connectivity index (χ2v) is 8.39. The number of carbonyl (C=O) groups excluding carboxylic acids is 2. The number of nitrogens with one attached hydrogen (secondary N) is 1. The first-order chi connectivity index (χ1) is 13.5. The van der Waals surface area contributed by atoms with Crippen LogP contribution in [0.4, 0.5) is 5.69 Å². The van der Waals surface area contributed by atoms with Crippen LogP contribution in [0.25, 0.3) is 0 Å². The first-order valence-corrected chi connectivity index (χ1v) is 10.9. The summed E-state index contributed by atoms with van der Waals surface area (Å²) in [7, 11) is 0. The number of benzene rings is 3. The summed E-state index contributed by atoms with van der Waals surface area (Å²) >= 11 is 11.0. The smallest absolute Gasteiger partial charge is 0.234 e. The summed E-state index contributed by atoms with van der Waals surface area (Å²) in [4.78, 5) is 25.2. The number of hydrogen-bond donors (Lipinski definition) is 1. The van der Waals surface area contributed by atoms with Gasteiger partial charge in [-0.3, -0.25) is 9.59 Å². The van der Waals surface area contributed by atoms with Gasteiger partial charge in [0.15, 0.2) is 5.78 Å². The molecule has 0 spiro atoms. The van der Waals surface area contributed by atoms with Crippen molar-refractivity contribution in [3.05, 3.63) is 99.0 Å². The number of rotatable bonds is 7. The van der Waals surface area contributed by atoms with Gasteiger partial charge in [-0.05, 0) is 35.9 Å². The number of thioether (sulfide) groups is 1. The summed E-state index contributed by atoms with van der Waals surface area (Å²) in [6, 6.07) is 21.8. The normalized spacial score (nSPS) is 10.5. The molecule has 28 heavy (non-hydrogen) atoms. The first kappa shape index (κ1) is 20.6. The van der Waals surface area contributed by atoms with Crippen molar-refractivity contribution < 1.29 is 9.59 Å². The van der Waals surface area contributed by atoms with Crippen molar-refractivity contribution in [2.24, 2.45) is 0 Å². The summed E-state index contributed by atoms with van der Waals surface area (Å²) in [5, 5.41) is 3.28. The first-order valence-electron chi connectivity index (χ1n) is 8.54. The Balaban J connectivity index is 1.65. The van der Waals surface area contributed by atoms with E-state index in [4.69, 9.17) is 11.6 Å². The van der Waals surface area contributed by atoms with Crippen molar-refractivity contribution in [2.75, 3.05) is 11.1 Å². The van der Waals surface area contributed by atoms with Gasteiger partial charge in [0.1, 0.15) is 0 Å². The number of carbonyl (C=O) groups is 2. The Labute approximate surface area is 181 Å². The van der Waals surface area contributed by atoms with Crippen LogP contribution in [0.3, 0.4) is 0 Å². The molecule has 0 saturated heterocycles. The zero-order valence-electron chi connectivity index (χ0n) is 14.8. The zero-order valence-corrected chi connectivity index (χ0v) is 18.0. The molecule has 0 fully saturated rings. The molecule has 0 atom stereocenters. The third kappa shape index (κ3) is 5.71. The molecule has 0 aromatic heterocycles. The van der Waals surface area contributed by atoms with E-state index < -0.39 is 0 Å². The third-order valence-corrected chi connectivity index (χ3v) is 5.72. The molecule has 0 aliphatic rings. The lowest BCUT2D eigenvalue weighted by molar-refractivity contribution is -0.113. The minimum atomic E-state index is -0.180. The molecule has 1 N–H and O–H groups in total. The summed E-state index contributed by atoms with van der Waals surface area (Å²) in [6.07, 6.45) is 0. The van der Waals surface area contributed by atoms with E-state index in [1.165, 1.54) is 11.8 Å². The number of halogens is 2. The van der Waals surface area contributed by atoms with Crippen molar-refractivity contribution in [1.29, 1.82) is 0 Å². The molecule has 0 unspecified atom stereocenters. The number of anilines is 1. The van der Waals surface area contributed by atoms with Crippen molar-refractivity contribution in [3.63, 3.8) is 0 Å². The van der Waals surface area contributed by atoms with Crippen LogP contribution in [0.5, 0.6) is 0 Å². The van der Waals surface area contributed by atoms with Crippen molar-refractivity contribution in [3.8, 4) is 0 Å². The highest BCUT2D eigenvalue weighted by atomic mass is 79.9. The molecule has 0 saturated carbocycles. The van der Waals surface area contributed by atoms with Gasteiger partial charge in [0.25, 0.3) is 0 Å². The maximum Gasteiger partial charge on any atom is 0.234 e. The van der Waals surface area contributed by atoms with Crippen LogP contribution in [0, 0.1) is 0 Å². The zero-order chi connectivity index (χ0) is 19.9. The van der Waals surface area contributed by atoms with Crippen LogP contribution in [0.1, 0.15) is 21.5 Å². The maximum atomic E-state index is 12.8. The molecule has 6 heteroatoms. The van der Waals surface area contributed by atoms with E-state index in [1.54, 1.807) is 42.5 Å². The SMILES string of the molecule is O=C(CSCc1ccc(Br)cc1)Nc1ccc(Cl)cc1C(=O)c1ccccc1. The lowest BCUT2D eigenvalue weighted by Crippen LogP contribution is -2.17. The van der Waals surface area contributed by atoms with Gasteiger partial charge in [-0.1, -0.05) is 70.0 Å². The molecule has 0 heterocycles. The highest BCUT2D eigenvalue weighted by molar-refractivity contribution is 9.10. The standard InChI is InChI=1S/C22H17BrClNO2S/c23-17-8-6-15(7-9-17)13-28-14-21(26)25-20-11-10-18(24)12-19(20)22(27)16-4-2-1-3-5-16/h1-12H,13-14H2,(H,25,26). The van der Waals surface area contributed by atoms with Crippen LogP contribution < -0.4 is 5.32 Å². The van der Waals surface area contributed by atoms with E-state index in [-0.39, 0.29) is 17.4 Å². The average Bonchev–Trinajstić information content (AvgIpc) is 2.71. The highest BCUT2D eigenvalue weighted by Gasteiger charge is 2.16. The Hall–Kier alpha value is -2.08. The monoisotopic (exact) mass is 473 g/mol. The topological polar surface area (TPSA) is 46.2 Å². The number of ketones is 1. The second-order valence-electron chi connectivity index (χ2n) is 6.05. The summed E-state index contributed by atoms with van der Waals surface area (Å²) < 4.78 is 1.03. The molecule has 1 amide bonds. The van der Waals surface area contributed by atoms with Crippen LogP contribution in [-0.2, 0) is 10.5 Å².